The number of urea groups is 1. The minimum atomic E-state index is -1.55. The third-order valence-electron chi connectivity index (χ3n) is 6.42. The number of hydrogen-bond acceptors (Lipinski definition) is 8. The molecule has 2 aliphatic rings. The molecule has 2 aliphatic heterocycles. The Bertz CT molecular complexity index is 1510. The van der Waals surface area contributed by atoms with Gasteiger partial charge in [-0.1, -0.05) is 35.3 Å². The number of carbonyl (C=O) groups excluding carboxylic acids is 3. The van der Waals surface area contributed by atoms with E-state index < -0.39 is 35.3 Å². The molecule has 44 heavy (non-hydrogen) atoms. The molecule has 0 saturated carbocycles. The van der Waals surface area contributed by atoms with E-state index in [0.717, 1.165) is 11.0 Å². The fraction of sp³-hybridized carbons (Fsp3) is 0.200. The average molecular weight is 696 g/mol. The third-order valence-corrected chi connectivity index (χ3v) is 6.85. The maximum Gasteiger partial charge on any atom is 0.353 e. The minimum absolute atomic E-state index is 0. The zero-order valence-electron chi connectivity index (χ0n) is 22.8. The van der Waals surface area contributed by atoms with Gasteiger partial charge in [-0.2, -0.15) is 10.4 Å². The first-order chi connectivity index (χ1) is 18.6. The third kappa shape index (κ3) is 7.56. The van der Waals surface area contributed by atoms with Crippen molar-refractivity contribution in [2.75, 3.05) is 25.0 Å². The molecule has 1 spiro atoms. The molecule has 0 unspecified atom stereocenters. The van der Waals surface area contributed by atoms with Gasteiger partial charge in [0.2, 0.25) is 0 Å². The van der Waals surface area contributed by atoms with Gasteiger partial charge in [0.05, 0.1) is 23.9 Å². The van der Waals surface area contributed by atoms with E-state index in [0.29, 0.717) is 11.1 Å². The van der Waals surface area contributed by atoms with Gasteiger partial charge >= 0.3 is 12.0 Å². The van der Waals surface area contributed by atoms with Gasteiger partial charge in [0.25, 0.3) is 11.8 Å². The number of halogens is 4. The van der Waals surface area contributed by atoms with E-state index in [-0.39, 0.29) is 82.1 Å². The zero-order chi connectivity index (χ0) is 28.5. The summed E-state index contributed by atoms with van der Waals surface area (Å²) >= 11 is 12.2. The van der Waals surface area contributed by atoms with Crippen LogP contribution in [0, 0.1) is 11.3 Å². The molecule has 19 heteroatoms. The molecule has 0 radical (unpaired) electrons. The van der Waals surface area contributed by atoms with Gasteiger partial charge in [0.1, 0.15) is 11.2 Å². The maximum absolute atomic E-state index is 13.9. The number of anilines is 1. The van der Waals surface area contributed by atoms with Crippen molar-refractivity contribution in [3.63, 3.8) is 0 Å². The highest BCUT2D eigenvalue weighted by molar-refractivity contribution is 6.36. The first-order valence-corrected chi connectivity index (χ1v) is 12.2. The van der Waals surface area contributed by atoms with E-state index in [1.54, 1.807) is 24.3 Å². The molecule has 0 bridgehead atoms. The Hall–Kier alpha value is -3.98. The van der Waals surface area contributed by atoms with Crippen LogP contribution in [0.5, 0.6) is 0 Å². The SMILES string of the molecule is CN.Cl.Cl.N.N#Cc1ccc([C@@H]2CN(C(=O)c3cc(C(=O)O)[nH]n3)C[C@@]23NC(=O)N(c2cc(Cl)cc(Cl)c2)C3=O)cc1.O.O. The van der Waals surface area contributed by atoms with Crippen molar-refractivity contribution >= 4 is 77.5 Å². The first-order valence-electron chi connectivity index (χ1n) is 11.4. The highest BCUT2D eigenvalue weighted by atomic mass is 35.5. The predicted octanol–water partition coefficient (Wildman–Crippen LogP) is 1.95. The Balaban J connectivity index is 0. The molecule has 15 nitrogen and oxygen atoms in total. The number of aromatic amines is 1. The molecule has 12 N–H and O–H groups in total. The molecule has 4 amide bonds. The van der Waals surface area contributed by atoms with E-state index in [2.05, 4.69) is 21.2 Å². The summed E-state index contributed by atoms with van der Waals surface area (Å²) in [5.41, 5.74) is 3.71. The Kier molecular flexibility index (Phi) is 16.1. The van der Waals surface area contributed by atoms with Crippen LogP contribution < -0.4 is 22.1 Å². The molecule has 0 aliphatic carbocycles. The second-order valence-electron chi connectivity index (χ2n) is 8.61. The van der Waals surface area contributed by atoms with Crippen molar-refractivity contribution in [1.82, 2.24) is 26.6 Å². The van der Waals surface area contributed by atoms with E-state index in [4.69, 9.17) is 33.6 Å². The molecule has 3 heterocycles. The number of benzene rings is 2. The smallest absolute Gasteiger partial charge is 0.353 e. The molecule has 2 fully saturated rings. The highest BCUT2D eigenvalue weighted by Gasteiger charge is 2.61. The van der Waals surface area contributed by atoms with Crippen LogP contribution in [0.15, 0.2) is 48.5 Å². The van der Waals surface area contributed by atoms with Gasteiger partial charge in [-0.3, -0.25) is 14.7 Å². The fourth-order valence-electron chi connectivity index (χ4n) is 4.73. The van der Waals surface area contributed by atoms with Crippen molar-refractivity contribution in [3.05, 3.63) is 81.1 Å². The van der Waals surface area contributed by atoms with Gasteiger partial charge < -0.3 is 38.2 Å². The number of aromatic carboxylic acids is 1. The second kappa shape index (κ2) is 16.8. The van der Waals surface area contributed by atoms with Crippen LogP contribution in [-0.4, -0.2) is 80.6 Å². The predicted molar refractivity (Wildman–Crippen MR) is 167 cm³/mol. The van der Waals surface area contributed by atoms with Gasteiger partial charge in [0.15, 0.2) is 5.69 Å². The zero-order valence-corrected chi connectivity index (χ0v) is 26.0. The summed E-state index contributed by atoms with van der Waals surface area (Å²) in [6, 6.07) is 13.2. The van der Waals surface area contributed by atoms with Crippen LogP contribution in [0.3, 0.4) is 0 Å². The summed E-state index contributed by atoms with van der Waals surface area (Å²) in [6.45, 7) is -0.197. The van der Waals surface area contributed by atoms with Crippen LogP contribution in [0.1, 0.15) is 38.0 Å². The van der Waals surface area contributed by atoms with Crippen LogP contribution in [0.25, 0.3) is 0 Å². The lowest BCUT2D eigenvalue weighted by molar-refractivity contribution is -0.122. The summed E-state index contributed by atoms with van der Waals surface area (Å²) < 4.78 is 0. The van der Waals surface area contributed by atoms with E-state index in [1.807, 2.05) is 6.07 Å². The van der Waals surface area contributed by atoms with Gasteiger partial charge in [-0.05, 0) is 42.9 Å². The second-order valence-corrected chi connectivity index (χ2v) is 9.49. The molecule has 5 rings (SSSR count). The van der Waals surface area contributed by atoms with E-state index >= 15 is 0 Å². The lowest BCUT2D eigenvalue weighted by atomic mass is 9.81. The molecule has 1 aromatic heterocycles. The number of nitrogens with zero attached hydrogens (tertiary/aromatic N) is 4. The normalized spacial score (nSPS) is 17.7. The number of imide groups is 1. The summed E-state index contributed by atoms with van der Waals surface area (Å²) in [4.78, 5) is 53.8. The molecule has 2 saturated heterocycles. The number of carbonyl (C=O) groups is 4. The number of hydrogen-bond donors (Lipinski definition) is 5. The number of nitrogens with two attached hydrogens (primary N) is 1. The number of rotatable bonds is 4. The van der Waals surface area contributed by atoms with Crippen LogP contribution in [-0.2, 0) is 4.79 Å². The average Bonchev–Trinajstić information content (AvgIpc) is 3.61. The van der Waals surface area contributed by atoms with E-state index in [1.165, 1.54) is 30.1 Å². The molecule has 3 aromatic rings. The molecular weight excluding hydrogens is 666 g/mol. The molecular formula is C25H30Cl4N8O7. The summed E-state index contributed by atoms with van der Waals surface area (Å²) in [6.07, 6.45) is 0. The van der Waals surface area contributed by atoms with E-state index in [9.17, 15) is 19.2 Å². The Morgan fingerprint density at radius 1 is 1.07 bits per heavy atom. The number of carboxylic acid groups (broad SMARTS) is 1. The standard InChI is InChI=1S/C24H16Cl2N6O5.CH5N.2ClH.H3N.2H2O/c25-14-5-15(26)7-16(6-14)32-22(36)24(28-23(32)37)11-31(20(33)18-8-19(21(34)35)30-29-18)10-17(24)13-3-1-12(9-27)2-4-13;1-2;;;;;/h1-8,17H,10-11H2,(H,28,37)(H,29,30)(H,34,35);2H2,1H3;2*1H;1H3;2*1H2/t17-,24+;;;;;;/m0....../s1. The molecule has 2 aromatic carbocycles. The van der Waals surface area contributed by atoms with Gasteiger partial charge in [-0.25, -0.2) is 14.5 Å². The number of H-pyrrole nitrogens is 1. The summed E-state index contributed by atoms with van der Waals surface area (Å²) in [7, 11) is 1.50. The fourth-order valence-corrected chi connectivity index (χ4v) is 5.24. The Morgan fingerprint density at radius 2 is 1.64 bits per heavy atom. The number of aromatic nitrogens is 2. The molecule has 240 valence electrons. The Morgan fingerprint density at radius 3 is 2.14 bits per heavy atom. The number of carboxylic acids is 1. The Labute approximate surface area is 273 Å². The minimum Gasteiger partial charge on any atom is -0.477 e. The summed E-state index contributed by atoms with van der Waals surface area (Å²) in [5.74, 6) is -3.22. The lowest BCUT2D eigenvalue weighted by Gasteiger charge is -2.27. The van der Waals surface area contributed by atoms with Crippen molar-refractivity contribution in [1.29, 1.82) is 5.26 Å². The first kappa shape index (κ1) is 42.2. The number of likely N-dealkylation sites (tertiary alicyclic amines) is 1. The van der Waals surface area contributed by atoms with Gasteiger partial charge in [0, 0.05) is 28.6 Å². The number of nitriles is 1. The van der Waals surface area contributed by atoms with Crippen molar-refractivity contribution in [2.45, 2.75) is 11.5 Å². The van der Waals surface area contributed by atoms with Gasteiger partial charge in [-0.15, -0.1) is 24.8 Å². The monoisotopic (exact) mass is 694 g/mol. The topological polar surface area (TPSA) is 284 Å². The van der Waals surface area contributed by atoms with Crippen molar-refractivity contribution < 1.29 is 35.2 Å². The molecule has 2 atom stereocenters. The number of amides is 4. The maximum atomic E-state index is 13.9. The largest absolute Gasteiger partial charge is 0.477 e. The van der Waals surface area contributed by atoms with Crippen LogP contribution >= 0.6 is 48.0 Å². The number of nitrogens with one attached hydrogen (secondary N) is 2. The summed E-state index contributed by atoms with van der Waals surface area (Å²) in [5, 5.41) is 27.6. The van der Waals surface area contributed by atoms with Crippen molar-refractivity contribution in [3.8, 4) is 6.07 Å². The quantitative estimate of drug-likeness (QED) is 0.249. The van der Waals surface area contributed by atoms with Crippen LogP contribution in [0.4, 0.5) is 10.5 Å². The van der Waals surface area contributed by atoms with Crippen molar-refractivity contribution in [2.24, 2.45) is 5.73 Å². The lowest BCUT2D eigenvalue weighted by Crippen LogP contribution is -2.53. The van der Waals surface area contributed by atoms with Crippen LogP contribution in [0.2, 0.25) is 10.0 Å². The highest BCUT2D eigenvalue weighted by Crippen LogP contribution is 2.42.